The maximum Gasteiger partial charge on any atom is 0.230 e. The summed E-state index contributed by atoms with van der Waals surface area (Å²) < 4.78 is 1.53. The van der Waals surface area contributed by atoms with Gasteiger partial charge in [0, 0.05) is 32.4 Å². The molecule has 1 aromatic carbocycles. The van der Waals surface area contributed by atoms with Crippen molar-refractivity contribution in [2.24, 2.45) is 0 Å². The Hall–Kier alpha value is -2.25. The molecule has 130 valence electrons. The Kier molecular flexibility index (Phi) is 4.27. The summed E-state index contributed by atoms with van der Waals surface area (Å²) >= 11 is 1.47. The average molecular weight is 356 g/mol. The van der Waals surface area contributed by atoms with Crippen LogP contribution in [0.2, 0.25) is 0 Å². The maximum absolute atomic E-state index is 11.6. The van der Waals surface area contributed by atoms with Gasteiger partial charge in [0.1, 0.15) is 5.78 Å². The number of aromatic hydroxyl groups is 1. The SMILES string of the molecule is CCc1nc2sc(C(c3ccccc3)N3CCC(=O)CC3)c(O)n2n1. The first-order chi connectivity index (χ1) is 12.2. The van der Waals surface area contributed by atoms with E-state index in [1.807, 2.05) is 25.1 Å². The molecule has 2 aromatic heterocycles. The van der Waals surface area contributed by atoms with Gasteiger partial charge in [0.15, 0.2) is 5.82 Å². The zero-order valence-electron chi connectivity index (χ0n) is 14.1. The molecule has 1 N–H and O–H groups in total. The highest BCUT2D eigenvalue weighted by molar-refractivity contribution is 7.17. The van der Waals surface area contributed by atoms with Crippen molar-refractivity contribution in [1.29, 1.82) is 0 Å². The van der Waals surface area contributed by atoms with Crippen LogP contribution in [0.15, 0.2) is 30.3 Å². The van der Waals surface area contributed by atoms with Gasteiger partial charge >= 0.3 is 0 Å². The lowest BCUT2D eigenvalue weighted by Gasteiger charge is -2.33. The second kappa shape index (κ2) is 6.57. The fraction of sp³-hybridized carbons (Fsp3) is 0.389. The van der Waals surface area contributed by atoms with E-state index >= 15 is 0 Å². The van der Waals surface area contributed by atoms with Crippen LogP contribution in [-0.4, -0.2) is 43.5 Å². The molecule has 0 radical (unpaired) electrons. The van der Waals surface area contributed by atoms with Gasteiger partial charge in [0.2, 0.25) is 10.8 Å². The minimum Gasteiger partial charge on any atom is -0.492 e. The van der Waals surface area contributed by atoms with Crippen molar-refractivity contribution in [2.45, 2.75) is 32.2 Å². The van der Waals surface area contributed by atoms with Gasteiger partial charge in [-0.05, 0) is 5.56 Å². The molecular formula is C18H20N4O2S. The molecule has 6 nitrogen and oxygen atoms in total. The van der Waals surface area contributed by atoms with Gasteiger partial charge < -0.3 is 5.11 Å². The Morgan fingerprint density at radius 1 is 1.24 bits per heavy atom. The van der Waals surface area contributed by atoms with Crippen LogP contribution in [0.25, 0.3) is 4.96 Å². The Bertz CT molecular complexity index is 893. The number of hydrogen-bond donors (Lipinski definition) is 1. The maximum atomic E-state index is 11.6. The van der Waals surface area contributed by atoms with Gasteiger partial charge in [-0.15, -0.1) is 5.10 Å². The van der Waals surface area contributed by atoms with Gasteiger partial charge in [-0.25, -0.2) is 4.98 Å². The smallest absolute Gasteiger partial charge is 0.230 e. The highest BCUT2D eigenvalue weighted by Gasteiger charge is 2.31. The number of aryl methyl sites for hydroxylation is 1. The lowest BCUT2D eigenvalue weighted by Crippen LogP contribution is -2.37. The number of likely N-dealkylation sites (tertiary alicyclic amines) is 1. The topological polar surface area (TPSA) is 70.7 Å². The predicted octanol–water partition coefficient (Wildman–Crippen LogP) is 2.81. The first kappa shape index (κ1) is 16.2. The third-order valence-corrected chi connectivity index (χ3v) is 5.72. The fourth-order valence-electron chi connectivity index (χ4n) is 3.31. The molecule has 1 fully saturated rings. The molecule has 1 atom stereocenters. The van der Waals surface area contributed by atoms with Gasteiger partial charge in [-0.3, -0.25) is 9.69 Å². The third kappa shape index (κ3) is 2.94. The summed E-state index contributed by atoms with van der Waals surface area (Å²) in [5.41, 5.74) is 1.10. The number of fused-ring (bicyclic) bond motifs is 1. The summed E-state index contributed by atoms with van der Waals surface area (Å²) in [4.78, 5) is 19.9. The molecule has 3 heterocycles. The quantitative estimate of drug-likeness (QED) is 0.778. The molecule has 7 heteroatoms. The number of Topliss-reactive ketones (excluding diaryl/α,β-unsaturated/α-hetero) is 1. The number of carbonyl (C=O) groups excluding carboxylic acids is 1. The number of ketones is 1. The summed E-state index contributed by atoms with van der Waals surface area (Å²) in [7, 11) is 0. The number of aromatic nitrogens is 3. The summed E-state index contributed by atoms with van der Waals surface area (Å²) in [5.74, 6) is 1.19. The van der Waals surface area contributed by atoms with E-state index in [1.54, 1.807) is 0 Å². The van der Waals surface area contributed by atoms with Crippen LogP contribution in [0.1, 0.15) is 42.1 Å². The molecule has 3 aromatic rings. The summed E-state index contributed by atoms with van der Waals surface area (Å²) in [6.07, 6.45) is 1.86. The zero-order valence-corrected chi connectivity index (χ0v) is 14.9. The van der Waals surface area contributed by atoms with E-state index in [-0.39, 0.29) is 11.9 Å². The molecule has 1 aliphatic rings. The van der Waals surface area contributed by atoms with Crippen LogP contribution in [0.5, 0.6) is 5.88 Å². The normalized spacial score (nSPS) is 17.2. The van der Waals surface area contributed by atoms with Crippen LogP contribution in [-0.2, 0) is 11.2 Å². The van der Waals surface area contributed by atoms with E-state index in [0.717, 1.165) is 22.7 Å². The number of thiazole rings is 1. The molecule has 0 saturated carbocycles. The standard InChI is InChI=1S/C18H20N4O2S/c1-2-14-19-18-22(20-14)17(24)16(25-18)15(12-6-4-3-5-7-12)21-10-8-13(23)9-11-21/h3-7,15,24H,2,8-11H2,1H3. The van der Waals surface area contributed by atoms with Gasteiger partial charge in [0.05, 0.1) is 10.9 Å². The number of carbonyl (C=O) groups is 1. The molecule has 1 saturated heterocycles. The minimum absolute atomic E-state index is 0.0899. The van der Waals surface area contributed by atoms with Crippen molar-refractivity contribution in [3.8, 4) is 5.88 Å². The van der Waals surface area contributed by atoms with E-state index in [2.05, 4.69) is 27.1 Å². The zero-order chi connectivity index (χ0) is 17.4. The second-order valence-electron chi connectivity index (χ2n) is 6.25. The number of hydrogen-bond acceptors (Lipinski definition) is 6. The van der Waals surface area contributed by atoms with E-state index in [1.165, 1.54) is 15.9 Å². The molecule has 0 spiro atoms. The number of rotatable bonds is 4. The molecule has 25 heavy (non-hydrogen) atoms. The van der Waals surface area contributed by atoms with Crippen molar-refractivity contribution < 1.29 is 9.90 Å². The molecule has 1 aliphatic heterocycles. The monoisotopic (exact) mass is 356 g/mol. The Morgan fingerprint density at radius 3 is 2.60 bits per heavy atom. The van der Waals surface area contributed by atoms with E-state index in [4.69, 9.17) is 0 Å². The van der Waals surface area contributed by atoms with Crippen molar-refractivity contribution in [1.82, 2.24) is 19.5 Å². The largest absolute Gasteiger partial charge is 0.492 e. The number of piperidine rings is 1. The third-order valence-electron chi connectivity index (χ3n) is 4.64. The second-order valence-corrected chi connectivity index (χ2v) is 7.26. The van der Waals surface area contributed by atoms with E-state index < -0.39 is 0 Å². The molecular weight excluding hydrogens is 336 g/mol. The van der Waals surface area contributed by atoms with Crippen LogP contribution < -0.4 is 0 Å². The van der Waals surface area contributed by atoms with Gasteiger partial charge in [-0.2, -0.15) is 4.52 Å². The van der Waals surface area contributed by atoms with Gasteiger partial charge in [0.25, 0.3) is 0 Å². The van der Waals surface area contributed by atoms with Crippen molar-refractivity contribution in [2.75, 3.05) is 13.1 Å². The van der Waals surface area contributed by atoms with Crippen LogP contribution >= 0.6 is 11.3 Å². The lowest BCUT2D eigenvalue weighted by atomic mass is 10.00. The Morgan fingerprint density at radius 2 is 1.96 bits per heavy atom. The molecule has 1 unspecified atom stereocenters. The molecule has 0 bridgehead atoms. The predicted molar refractivity (Wildman–Crippen MR) is 96.0 cm³/mol. The van der Waals surface area contributed by atoms with Crippen LogP contribution in [0.3, 0.4) is 0 Å². The fourth-order valence-corrected chi connectivity index (χ4v) is 4.45. The van der Waals surface area contributed by atoms with Crippen molar-refractivity contribution in [3.63, 3.8) is 0 Å². The lowest BCUT2D eigenvalue weighted by molar-refractivity contribution is -0.121. The Balaban J connectivity index is 1.79. The van der Waals surface area contributed by atoms with E-state index in [9.17, 15) is 9.90 Å². The first-order valence-electron chi connectivity index (χ1n) is 8.55. The van der Waals surface area contributed by atoms with Crippen molar-refractivity contribution in [3.05, 3.63) is 46.6 Å². The highest BCUT2D eigenvalue weighted by atomic mass is 32.1. The van der Waals surface area contributed by atoms with Gasteiger partial charge in [-0.1, -0.05) is 48.6 Å². The molecule has 0 amide bonds. The average Bonchev–Trinajstić information content (AvgIpc) is 3.18. The summed E-state index contributed by atoms with van der Waals surface area (Å²) in [5, 5.41) is 15.2. The number of nitrogens with zero attached hydrogens (tertiary/aromatic N) is 4. The summed E-state index contributed by atoms with van der Waals surface area (Å²) in [6.45, 7) is 3.40. The first-order valence-corrected chi connectivity index (χ1v) is 9.37. The highest BCUT2D eigenvalue weighted by Crippen LogP contribution is 2.40. The molecule has 0 aliphatic carbocycles. The minimum atomic E-state index is -0.0899. The Labute approximate surface area is 149 Å². The van der Waals surface area contributed by atoms with Crippen LogP contribution in [0.4, 0.5) is 0 Å². The van der Waals surface area contributed by atoms with Crippen LogP contribution in [0, 0.1) is 0 Å². The molecule has 4 rings (SSSR count). The van der Waals surface area contributed by atoms with Crippen molar-refractivity contribution >= 4 is 22.1 Å². The van der Waals surface area contributed by atoms with E-state index in [0.29, 0.717) is 36.7 Å². The summed E-state index contributed by atoms with van der Waals surface area (Å²) in [6, 6.07) is 10.0. The number of benzene rings is 1.